The number of rotatable bonds is 6. The average molecular weight is 589 g/mol. The van der Waals surface area contributed by atoms with E-state index in [0.29, 0.717) is 38.7 Å². The molecule has 6 rings (SSSR count). The third kappa shape index (κ3) is 4.64. The number of benzene rings is 2. The van der Waals surface area contributed by atoms with Crippen molar-refractivity contribution >= 4 is 57.6 Å². The van der Waals surface area contributed by atoms with Gasteiger partial charge in [-0.25, -0.2) is 9.98 Å². The molecule has 1 amide bonds. The number of para-hydroxylation sites is 1. The Hall–Kier alpha value is -4.22. The van der Waals surface area contributed by atoms with Crippen LogP contribution in [0.2, 0.25) is 5.02 Å². The summed E-state index contributed by atoms with van der Waals surface area (Å²) in [5, 5.41) is 9.00. The fourth-order valence-corrected chi connectivity index (χ4v) is 6.30. The van der Waals surface area contributed by atoms with Crippen LogP contribution in [0.3, 0.4) is 0 Å². The van der Waals surface area contributed by atoms with Gasteiger partial charge in [-0.2, -0.15) is 10.1 Å². The molecule has 1 aromatic heterocycles. The van der Waals surface area contributed by atoms with Crippen molar-refractivity contribution in [3.05, 3.63) is 98.0 Å². The summed E-state index contributed by atoms with van der Waals surface area (Å²) >= 11 is 7.58. The van der Waals surface area contributed by atoms with E-state index in [1.54, 1.807) is 26.0 Å². The predicted octanol–water partition coefficient (Wildman–Crippen LogP) is 4.79. The van der Waals surface area contributed by atoms with Gasteiger partial charge in [0, 0.05) is 10.7 Å². The van der Waals surface area contributed by atoms with Crippen LogP contribution in [0.4, 0.5) is 11.5 Å². The molecule has 2 unspecified atom stereocenters. The van der Waals surface area contributed by atoms with Crippen molar-refractivity contribution in [3.8, 4) is 0 Å². The van der Waals surface area contributed by atoms with Gasteiger partial charge >= 0.3 is 5.97 Å². The molecular weight excluding hydrogens is 564 g/mol. The largest absolute Gasteiger partial charge is 0.465 e. The fourth-order valence-electron chi connectivity index (χ4n) is 5.23. The highest BCUT2D eigenvalue weighted by Gasteiger charge is 2.47. The zero-order valence-electron chi connectivity index (χ0n) is 22.4. The Morgan fingerprint density at radius 1 is 1.07 bits per heavy atom. The van der Waals surface area contributed by atoms with E-state index in [9.17, 15) is 14.4 Å². The first kappa shape index (κ1) is 27.0. The molecule has 3 aliphatic heterocycles. The highest BCUT2D eigenvalue weighted by molar-refractivity contribution is 8.16. The molecule has 41 heavy (non-hydrogen) atoms. The molecule has 12 heteroatoms. The van der Waals surface area contributed by atoms with Crippen molar-refractivity contribution in [2.24, 2.45) is 16.0 Å². The number of carbonyl (C=O) groups excluding carboxylic acids is 2. The molecule has 0 saturated heterocycles. The van der Waals surface area contributed by atoms with Gasteiger partial charge < -0.3 is 9.64 Å². The number of carbonyl (C=O) groups is 2. The van der Waals surface area contributed by atoms with E-state index < -0.39 is 23.5 Å². The van der Waals surface area contributed by atoms with E-state index in [2.05, 4.69) is 10.1 Å². The second-order valence-electron chi connectivity index (χ2n) is 9.63. The maximum absolute atomic E-state index is 14.1. The van der Waals surface area contributed by atoms with E-state index in [1.165, 1.54) is 21.3 Å². The predicted molar refractivity (Wildman–Crippen MR) is 158 cm³/mol. The Bertz CT molecular complexity index is 1720. The Labute approximate surface area is 245 Å². The van der Waals surface area contributed by atoms with Gasteiger partial charge in [0.25, 0.3) is 11.5 Å². The smallest absolute Gasteiger partial charge is 0.326 e. The summed E-state index contributed by atoms with van der Waals surface area (Å²) in [6.45, 7) is 5.10. The molecule has 4 heterocycles. The number of hydrazone groups is 1. The van der Waals surface area contributed by atoms with Crippen LogP contribution >= 0.6 is 23.4 Å². The molecular formula is C29H25ClN6O4S. The third-order valence-electron chi connectivity index (χ3n) is 7.08. The molecule has 0 spiro atoms. The van der Waals surface area contributed by atoms with E-state index in [1.807, 2.05) is 59.7 Å². The number of esters is 1. The molecule has 0 N–H and O–H groups in total. The number of hydrogen-bond acceptors (Lipinski definition) is 9. The van der Waals surface area contributed by atoms with Gasteiger partial charge in [-0.1, -0.05) is 53.7 Å². The van der Waals surface area contributed by atoms with Crippen LogP contribution in [0.15, 0.2) is 80.6 Å². The number of nitrogens with zero attached hydrogens (tertiary/aromatic N) is 6. The molecule has 10 nitrogen and oxygen atoms in total. The molecule has 0 fully saturated rings. The average Bonchev–Trinajstić information content (AvgIpc) is 3.50. The number of anilines is 1. The minimum absolute atomic E-state index is 0.196. The van der Waals surface area contributed by atoms with E-state index in [-0.39, 0.29) is 24.9 Å². The highest BCUT2D eigenvalue weighted by atomic mass is 35.5. The highest BCUT2D eigenvalue weighted by Crippen LogP contribution is 2.47. The van der Waals surface area contributed by atoms with Crippen LogP contribution in [0, 0.1) is 12.8 Å². The lowest BCUT2D eigenvalue weighted by Crippen LogP contribution is -2.43. The standard InChI is InChI=1S/C29H25ClN6O4S/c1-4-40-22(37)14-34-17(3)31-26-24(27(34)38)25(18-10-12-19(30)13-11-18)35-21(15-41-29(35)32-26)23-16(2)33-36(28(23)39)20-8-6-5-7-9-20/h5-13,15,23,25H,4,14H2,1-3H3. The van der Waals surface area contributed by atoms with Gasteiger partial charge in [-0.15, -0.1) is 0 Å². The van der Waals surface area contributed by atoms with E-state index in [0.717, 1.165) is 5.56 Å². The van der Waals surface area contributed by atoms with Gasteiger partial charge in [0.1, 0.15) is 18.3 Å². The van der Waals surface area contributed by atoms with Crippen LogP contribution in [0.25, 0.3) is 0 Å². The minimum Gasteiger partial charge on any atom is -0.465 e. The van der Waals surface area contributed by atoms with Gasteiger partial charge in [-0.3, -0.25) is 19.0 Å². The number of amidine groups is 1. The van der Waals surface area contributed by atoms with Gasteiger partial charge in [-0.05, 0) is 56.0 Å². The maximum atomic E-state index is 14.1. The summed E-state index contributed by atoms with van der Waals surface area (Å²) in [7, 11) is 0. The Morgan fingerprint density at radius 2 is 1.80 bits per heavy atom. The molecule has 3 aliphatic rings. The summed E-state index contributed by atoms with van der Waals surface area (Å²) in [5.74, 6) is -0.812. The SMILES string of the molecule is CCOC(=O)Cn1c(C)nc2c(c1=O)C(c1ccc(Cl)cc1)N1C(C3C(=O)N(c4ccccc4)N=C3C)=CSC1=N2. The lowest BCUT2D eigenvalue weighted by Gasteiger charge is -2.36. The molecule has 2 atom stereocenters. The number of fused-ring (bicyclic) bond motifs is 2. The lowest BCUT2D eigenvalue weighted by atomic mass is 9.93. The maximum Gasteiger partial charge on any atom is 0.326 e. The zero-order chi connectivity index (χ0) is 28.8. The molecule has 0 saturated carbocycles. The van der Waals surface area contributed by atoms with Crippen molar-refractivity contribution in [1.29, 1.82) is 0 Å². The van der Waals surface area contributed by atoms with Crippen molar-refractivity contribution in [2.75, 3.05) is 11.6 Å². The Balaban J connectivity index is 1.48. The van der Waals surface area contributed by atoms with Crippen LogP contribution < -0.4 is 10.6 Å². The summed E-state index contributed by atoms with van der Waals surface area (Å²) in [6.07, 6.45) is 0. The van der Waals surface area contributed by atoms with Crippen LogP contribution in [-0.4, -0.2) is 43.8 Å². The molecule has 3 aromatic rings. The Morgan fingerprint density at radius 3 is 2.51 bits per heavy atom. The number of hydrogen-bond donors (Lipinski definition) is 0. The molecule has 0 aliphatic carbocycles. The lowest BCUT2D eigenvalue weighted by molar-refractivity contribution is -0.143. The first-order chi connectivity index (χ1) is 19.8. The fraction of sp³-hybridized carbons (Fsp3) is 0.241. The van der Waals surface area contributed by atoms with Gasteiger partial charge in [0.2, 0.25) is 0 Å². The monoisotopic (exact) mass is 588 g/mol. The van der Waals surface area contributed by atoms with E-state index in [4.69, 9.17) is 21.3 Å². The number of aliphatic imine (C=N–C) groups is 1. The van der Waals surface area contributed by atoms with Crippen LogP contribution in [0.5, 0.6) is 0 Å². The molecule has 0 radical (unpaired) electrons. The van der Waals surface area contributed by atoms with Gasteiger partial charge in [0.15, 0.2) is 11.0 Å². The van der Waals surface area contributed by atoms with Crippen molar-refractivity contribution in [3.63, 3.8) is 0 Å². The molecule has 208 valence electrons. The molecule has 2 aromatic carbocycles. The topological polar surface area (TPSA) is 109 Å². The van der Waals surface area contributed by atoms with E-state index >= 15 is 0 Å². The molecule has 0 bridgehead atoms. The van der Waals surface area contributed by atoms with Crippen molar-refractivity contribution in [2.45, 2.75) is 33.4 Å². The summed E-state index contributed by atoms with van der Waals surface area (Å²) in [5.41, 5.74) is 2.57. The minimum atomic E-state index is -0.688. The normalized spacial score (nSPS) is 19.4. The van der Waals surface area contributed by atoms with Crippen molar-refractivity contribution < 1.29 is 14.3 Å². The van der Waals surface area contributed by atoms with Crippen LogP contribution in [0.1, 0.15) is 36.8 Å². The number of halogens is 1. The number of ether oxygens (including phenoxy) is 1. The summed E-state index contributed by atoms with van der Waals surface area (Å²) in [4.78, 5) is 51.5. The second-order valence-corrected chi connectivity index (χ2v) is 10.9. The number of thioether (sulfide) groups is 1. The Kier molecular flexibility index (Phi) is 7.00. The van der Waals surface area contributed by atoms with Gasteiger partial charge in [0.05, 0.1) is 29.6 Å². The number of aromatic nitrogens is 2. The number of aryl methyl sites for hydroxylation is 1. The first-order valence-corrected chi connectivity index (χ1v) is 14.3. The third-order valence-corrected chi connectivity index (χ3v) is 8.19. The van der Waals surface area contributed by atoms with Crippen molar-refractivity contribution in [1.82, 2.24) is 14.5 Å². The summed E-state index contributed by atoms with van der Waals surface area (Å²) in [6, 6.07) is 15.7. The second kappa shape index (κ2) is 10.6. The first-order valence-electron chi connectivity index (χ1n) is 13.0. The summed E-state index contributed by atoms with van der Waals surface area (Å²) < 4.78 is 6.40. The van der Waals surface area contributed by atoms with Crippen LogP contribution in [-0.2, 0) is 20.9 Å². The zero-order valence-corrected chi connectivity index (χ0v) is 24.0. The number of amides is 1. The quantitative estimate of drug-likeness (QED) is 0.381.